The van der Waals surface area contributed by atoms with Crippen molar-refractivity contribution in [3.63, 3.8) is 0 Å². The fraction of sp³-hybridized carbons (Fsp3) is 0.138. The molecule has 4 aromatic rings. The molecule has 4 rings (SSSR count). The highest BCUT2D eigenvalue weighted by molar-refractivity contribution is 6.04. The number of carbonyl (C=O) groups excluding carboxylic acids is 1. The minimum atomic E-state index is -0.207. The lowest BCUT2D eigenvalue weighted by Gasteiger charge is -2.14. The number of anilines is 1. The summed E-state index contributed by atoms with van der Waals surface area (Å²) in [6.07, 6.45) is 0. The van der Waals surface area contributed by atoms with Crippen molar-refractivity contribution in [1.29, 1.82) is 0 Å². The second kappa shape index (κ2) is 11.6. The maximum absolute atomic E-state index is 12.9. The van der Waals surface area contributed by atoms with Gasteiger partial charge in [0.15, 0.2) is 0 Å². The Labute approximate surface area is 199 Å². The second-order valence-corrected chi connectivity index (χ2v) is 7.61. The number of amides is 1. The van der Waals surface area contributed by atoms with Crippen molar-refractivity contribution in [3.05, 3.63) is 120 Å². The molecule has 1 N–H and O–H groups in total. The van der Waals surface area contributed by atoms with Crippen LogP contribution < -0.4 is 19.5 Å². The van der Waals surface area contributed by atoms with Gasteiger partial charge in [-0.15, -0.1) is 0 Å². The largest absolute Gasteiger partial charge is 0.493 e. The van der Waals surface area contributed by atoms with Crippen molar-refractivity contribution in [2.75, 3.05) is 11.9 Å². The van der Waals surface area contributed by atoms with E-state index in [0.717, 1.165) is 22.6 Å². The van der Waals surface area contributed by atoms with Crippen LogP contribution in [0.2, 0.25) is 0 Å². The Bertz CT molecular complexity index is 1190. The van der Waals surface area contributed by atoms with Crippen LogP contribution in [0.25, 0.3) is 0 Å². The molecule has 0 radical (unpaired) electrons. The van der Waals surface area contributed by atoms with Crippen molar-refractivity contribution < 1.29 is 19.0 Å². The van der Waals surface area contributed by atoms with Gasteiger partial charge in [0.05, 0.1) is 6.61 Å². The molecule has 0 aliphatic rings. The first-order chi connectivity index (χ1) is 16.7. The third-order valence-corrected chi connectivity index (χ3v) is 5.12. The van der Waals surface area contributed by atoms with Crippen molar-refractivity contribution in [2.45, 2.75) is 20.1 Å². The van der Waals surface area contributed by atoms with Crippen molar-refractivity contribution in [3.8, 4) is 17.2 Å². The Hall–Kier alpha value is -4.25. The summed E-state index contributed by atoms with van der Waals surface area (Å²) < 4.78 is 17.4. The summed E-state index contributed by atoms with van der Waals surface area (Å²) in [6.45, 7) is 3.25. The lowest BCUT2D eigenvalue weighted by molar-refractivity contribution is 0.102. The van der Waals surface area contributed by atoms with Gasteiger partial charge in [-0.2, -0.15) is 0 Å². The van der Waals surface area contributed by atoms with E-state index in [1.54, 1.807) is 12.1 Å². The van der Waals surface area contributed by atoms with E-state index in [4.69, 9.17) is 14.2 Å². The summed E-state index contributed by atoms with van der Waals surface area (Å²) in [6, 6.07) is 32.2. The number of hydrogen-bond acceptors (Lipinski definition) is 4. The molecule has 1 amide bonds. The average molecular weight is 454 g/mol. The van der Waals surface area contributed by atoms with Gasteiger partial charge in [0, 0.05) is 16.8 Å². The molecule has 0 bridgehead atoms. The summed E-state index contributed by atoms with van der Waals surface area (Å²) >= 11 is 0. The number of para-hydroxylation sites is 1. The molecule has 0 spiro atoms. The first-order valence-electron chi connectivity index (χ1n) is 11.2. The lowest BCUT2D eigenvalue weighted by Crippen LogP contribution is -2.13. The number of nitrogens with one attached hydrogen (secondary N) is 1. The fourth-order valence-corrected chi connectivity index (χ4v) is 3.39. The molecule has 5 heteroatoms. The molecule has 0 saturated carbocycles. The van der Waals surface area contributed by atoms with Crippen molar-refractivity contribution in [2.24, 2.45) is 0 Å². The summed E-state index contributed by atoms with van der Waals surface area (Å²) in [5.41, 5.74) is 3.12. The number of carbonyl (C=O) groups is 1. The van der Waals surface area contributed by atoms with Crippen LogP contribution in [0.15, 0.2) is 103 Å². The first kappa shape index (κ1) is 22.9. The summed E-state index contributed by atoms with van der Waals surface area (Å²) in [5.74, 6) is 1.99. The molecule has 5 nitrogen and oxygen atoms in total. The van der Waals surface area contributed by atoms with Gasteiger partial charge in [0.2, 0.25) is 0 Å². The molecule has 172 valence electrons. The SMILES string of the molecule is CCOc1ccc(C(=O)Nc2ccc(OCc3ccccc3)cc2)cc1COc1ccccc1. The molecule has 0 heterocycles. The van der Waals surface area contributed by atoms with Gasteiger partial charge in [-0.05, 0) is 67.1 Å². The Balaban J connectivity index is 1.39. The van der Waals surface area contributed by atoms with Gasteiger partial charge < -0.3 is 19.5 Å². The van der Waals surface area contributed by atoms with Crippen LogP contribution in [0.1, 0.15) is 28.4 Å². The monoisotopic (exact) mass is 453 g/mol. The molecule has 0 aliphatic carbocycles. The van der Waals surface area contributed by atoms with Crippen LogP contribution in [0.5, 0.6) is 17.2 Å². The van der Waals surface area contributed by atoms with Crippen LogP contribution in [0.3, 0.4) is 0 Å². The lowest BCUT2D eigenvalue weighted by atomic mass is 10.1. The van der Waals surface area contributed by atoms with Crippen LogP contribution in [0.4, 0.5) is 5.69 Å². The molecule has 0 fully saturated rings. The van der Waals surface area contributed by atoms with E-state index < -0.39 is 0 Å². The van der Waals surface area contributed by atoms with Crippen molar-refractivity contribution >= 4 is 11.6 Å². The van der Waals surface area contributed by atoms with Crippen LogP contribution in [-0.4, -0.2) is 12.5 Å². The standard InChI is InChI=1S/C29H27NO4/c1-2-32-28-18-13-23(19-24(28)21-34-26-11-7-4-8-12-26)29(31)30-25-14-16-27(17-15-25)33-20-22-9-5-3-6-10-22/h3-19H,2,20-21H2,1H3,(H,30,31). The summed E-state index contributed by atoms with van der Waals surface area (Å²) in [7, 11) is 0. The number of ether oxygens (including phenoxy) is 3. The summed E-state index contributed by atoms with van der Waals surface area (Å²) in [4.78, 5) is 12.9. The maximum Gasteiger partial charge on any atom is 0.255 e. The fourth-order valence-electron chi connectivity index (χ4n) is 3.39. The van der Waals surface area contributed by atoms with Crippen LogP contribution in [-0.2, 0) is 13.2 Å². The van der Waals surface area contributed by atoms with E-state index in [9.17, 15) is 4.79 Å². The zero-order chi connectivity index (χ0) is 23.6. The molecular weight excluding hydrogens is 426 g/mol. The van der Waals surface area contributed by atoms with E-state index in [1.165, 1.54) is 0 Å². The first-order valence-corrected chi connectivity index (χ1v) is 11.2. The highest BCUT2D eigenvalue weighted by Crippen LogP contribution is 2.24. The molecular formula is C29H27NO4. The molecule has 0 unspecified atom stereocenters. The molecule has 0 aliphatic heterocycles. The molecule has 34 heavy (non-hydrogen) atoms. The highest BCUT2D eigenvalue weighted by atomic mass is 16.5. The van der Waals surface area contributed by atoms with Gasteiger partial charge in [-0.1, -0.05) is 48.5 Å². The second-order valence-electron chi connectivity index (χ2n) is 7.61. The topological polar surface area (TPSA) is 56.8 Å². The quantitative estimate of drug-likeness (QED) is 0.298. The Kier molecular flexibility index (Phi) is 7.80. The van der Waals surface area contributed by atoms with Crippen LogP contribution in [0, 0.1) is 0 Å². The smallest absolute Gasteiger partial charge is 0.255 e. The number of rotatable bonds is 10. The third kappa shape index (κ3) is 6.39. The van der Waals surface area contributed by atoms with Crippen molar-refractivity contribution in [1.82, 2.24) is 0 Å². The molecule has 0 saturated heterocycles. The van der Waals surface area contributed by atoms with Gasteiger partial charge in [-0.25, -0.2) is 0 Å². The van der Waals surface area contributed by atoms with E-state index >= 15 is 0 Å². The number of benzene rings is 4. The Morgan fingerprint density at radius 2 is 1.35 bits per heavy atom. The minimum absolute atomic E-state index is 0.207. The van der Waals surface area contributed by atoms with Gasteiger partial charge in [0.25, 0.3) is 5.91 Å². The zero-order valence-electron chi connectivity index (χ0n) is 19.1. The molecule has 4 aromatic carbocycles. The normalized spacial score (nSPS) is 10.4. The highest BCUT2D eigenvalue weighted by Gasteiger charge is 2.12. The summed E-state index contributed by atoms with van der Waals surface area (Å²) in [5, 5.41) is 2.94. The predicted molar refractivity (Wildman–Crippen MR) is 134 cm³/mol. The maximum atomic E-state index is 12.9. The Morgan fingerprint density at radius 3 is 2.06 bits per heavy atom. The number of hydrogen-bond donors (Lipinski definition) is 1. The molecule has 0 atom stereocenters. The van der Waals surface area contributed by atoms with E-state index in [1.807, 2.05) is 97.9 Å². The minimum Gasteiger partial charge on any atom is -0.493 e. The zero-order valence-corrected chi connectivity index (χ0v) is 19.1. The van der Waals surface area contributed by atoms with E-state index in [2.05, 4.69) is 5.32 Å². The third-order valence-electron chi connectivity index (χ3n) is 5.12. The van der Waals surface area contributed by atoms with Gasteiger partial charge >= 0.3 is 0 Å². The molecule has 0 aromatic heterocycles. The van der Waals surface area contributed by atoms with Gasteiger partial charge in [0.1, 0.15) is 30.5 Å². The van der Waals surface area contributed by atoms with E-state index in [-0.39, 0.29) is 5.91 Å². The Morgan fingerprint density at radius 1 is 0.706 bits per heavy atom. The van der Waals surface area contributed by atoms with E-state index in [0.29, 0.717) is 36.8 Å². The van der Waals surface area contributed by atoms with Gasteiger partial charge in [-0.3, -0.25) is 4.79 Å². The average Bonchev–Trinajstić information content (AvgIpc) is 2.89. The predicted octanol–water partition coefficient (Wildman–Crippen LogP) is 6.50. The van der Waals surface area contributed by atoms with Crippen LogP contribution >= 0.6 is 0 Å².